The first kappa shape index (κ1) is 11.9. The van der Waals surface area contributed by atoms with Gasteiger partial charge in [0, 0.05) is 12.0 Å². The van der Waals surface area contributed by atoms with Crippen LogP contribution in [0.1, 0.15) is 27.8 Å². The van der Waals surface area contributed by atoms with Crippen LogP contribution in [0.3, 0.4) is 0 Å². The fourth-order valence-electron chi connectivity index (χ4n) is 2.57. The minimum atomic E-state index is 0.676. The summed E-state index contributed by atoms with van der Waals surface area (Å²) in [7, 11) is 0. The summed E-state index contributed by atoms with van der Waals surface area (Å²) in [4.78, 5) is 0. The standard InChI is InChI=1S/C18H17N/c1-12-3-6-14(7-4-12)10-16-11-15-9-13(2)5-8-17(15)18(16)19/h3-10,19H,11H2,1-2H3/b16-10+,19-18?. The zero-order valence-electron chi connectivity index (χ0n) is 11.3. The van der Waals surface area contributed by atoms with Gasteiger partial charge in [0.2, 0.25) is 0 Å². The van der Waals surface area contributed by atoms with E-state index in [4.69, 9.17) is 5.41 Å². The molecule has 1 nitrogen and oxygen atoms in total. The van der Waals surface area contributed by atoms with Crippen molar-refractivity contribution in [3.05, 3.63) is 75.9 Å². The Morgan fingerprint density at radius 2 is 1.63 bits per heavy atom. The fourth-order valence-corrected chi connectivity index (χ4v) is 2.57. The molecule has 0 aliphatic heterocycles. The third-order valence-electron chi connectivity index (χ3n) is 3.65. The predicted octanol–water partition coefficient (Wildman–Crippen LogP) is 4.31. The summed E-state index contributed by atoms with van der Waals surface area (Å²) >= 11 is 0. The second kappa shape index (κ2) is 4.51. The molecule has 0 spiro atoms. The normalized spacial score (nSPS) is 15.9. The lowest BCUT2D eigenvalue weighted by Gasteiger charge is -1.99. The molecule has 1 aliphatic rings. The number of fused-ring (bicyclic) bond motifs is 1. The molecule has 0 fully saturated rings. The summed E-state index contributed by atoms with van der Waals surface area (Å²) < 4.78 is 0. The van der Waals surface area contributed by atoms with Crippen molar-refractivity contribution >= 4 is 11.8 Å². The van der Waals surface area contributed by atoms with Gasteiger partial charge in [-0.1, -0.05) is 53.6 Å². The predicted molar refractivity (Wildman–Crippen MR) is 80.9 cm³/mol. The number of rotatable bonds is 1. The van der Waals surface area contributed by atoms with Crippen molar-refractivity contribution in [2.75, 3.05) is 0 Å². The van der Waals surface area contributed by atoms with Gasteiger partial charge in [-0.2, -0.15) is 0 Å². The largest absolute Gasteiger partial charge is 0.300 e. The molecule has 0 amide bonds. The molecule has 94 valence electrons. The molecular weight excluding hydrogens is 230 g/mol. The molecule has 0 bridgehead atoms. The summed E-state index contributed by atoms with van der Waals surface area (Å²) in [5.41, 5.74) is 7.87. The second-order valence-corrected chi connectivity index (χ2v) is 5.29. The van der Waals surface area contributed by atoms with Crippen LogP contribution in [0.25, 0.3) is 6.08 Å². The molecule has 0 unspecified atom stereocenters. The molecule has 19 heavy (non-hydrogen) atoms. The van der Waals surface area contributed by atoms with Gasteiger partial charge in [-0.3, -0.25) is 5.41 Å². The van der Waals surface area contributed by atoms with Crippen molar-refractivity contribution in [3.8, 4) is 0 Å². The fraction of sp³-hybridized carbons (Fsp3) is 0.167. The number of allylic oxidation sites excluding steroid dienone is 1. The van der Waals surface area contributed by atoms with Gasteiger partial charge in [-0.05, 0) is 36.6 Å². The van der Waals surface area contributed by atoms with Gasteiger partial charge in [0.1, 0.15) is 0 Å². The molecule has 2 aromatic rings. The van der Waals surface area contributed by atoms with E-state index in [-0.39, 0.29) is 0 Å². The summed E-state index contributed by atoms with van der Waals surface area (Å²) in [5.74, 6) is 0. The summed E-state index contributed by atoms with van der Waals surface area (Å²) in [5, 5.41) is 8.28. The molecule has 0 aromatic heterocycles. The molecule has 2 aromatic carbocycles. The highest BCUT2D eigenvalue weighted by atomic mass is 14.5. The van der Waals surface area contributed by atoms with Crippen LogP contribution >= 0.6 is 0 Å². The first-order valence-electron chi connectivity index (χ1n) is 6.59. The van der Waals surface area contributed by atoms with E-state index in [0.29, 0.717) is 5.71 Å². The zero-order chi connectivity index (χ0) is 13.4. The highest BCUT2D eigenvalue weighted by molar-refractivity contribution is 6.17. The van der Waals surface area contributed by atoms with E-state index in [1.807, 2.05) is 0 Å². The van der Waals surface area contributed by atoms with E-state index in [1.165, 1.54) is 22.3 Å². The monoisotopic (exact) mass is 247 g/mol. The Morgan fingerprint density at radius 1 is 0.947 bits per heavy atom. The second-order valence-electron chi connectivity index (χ2n) is 5.29. The van der Waals surface area contributed by atoms with E-state index >= 15 is 0 Å². The van der Waals surface area contributed by atoms with Crippen LogP contribution in [0.5, 0.6) is 0 Å². The number of hydrogen-bond acceptors (Lipinski definition) is 1. The minimum Gasteiger partial charge on any atom is -0.300 e. The van der Waals surface area contributed by atoms with E-state index in [2.05, 4.69) is 62.4 Å². The molecule has 1 aliphatic carbocycles. The zero-order valence-corrected chi connectivity index (χ0v) is 11.3. The van der Waals surface area contributed by atoms with Crippen molar-refractivity contribution < 1.29 is 0 Å². The average Bonchev–Trinajstić information content (AvgIpc) is 2.68. The summed E-state index contributed by atoms with van der Waals surface area (Å²) in [6.07, 6.45) is 3.01. The van der Waals surface area contributed by atoms with Crippen LogP contribution in [0.4, 0.5) is 0 Å². The molecule has 1 N–H and O–H groups in total. The third kappa shape index (κ3) is 2.24. The van der Waals surface area contributed by atoms with Crippen LogP contribution in [-0.4, -0.2) is 5.71 Å². The highest BCUT2D eigenvalue weighted by Gasteiger charge is 2.21. The van der Waals surface area contributed by atoms with Crippen LogP contribution < -0.4 is 0 Å². The van der Waals surface area contributed by atoms with Gasteiger partial charge in [-0.25, -0.2) is 0 Å². The summed E-state index contributed by atoms with van der Waals surface area (Å²) in [6, 6.07) is 14.8. The number of benzene rings is 2. The molecule has 0 atom stereocenters. The van der Waals surface area contributed by atoms with Crippen LogP contribution in [-0.2, 0) is 6.42 Å². The molecule has 0 saturated carbocycles. The molecule has 0 saturated heterocycles. The van der Waals surface area contributed by atoms with E-state index < -0.39 is 0 Å². The third-order valence-corrected chi connectivity index (χ3v) is 3.65. The van der Waals surface area contributed by atoms with Crippen molar-refractivity contribution in [1.82, 2.24) is 0 Å². The van der Waals surface area contributed by atoms with Crippen LogP contribution in [0, 0.1) is 19.3 Å². The molecule has 0 heterocycles. The van der Waals surface area contributed by atoms with Gasteiger partial charge in [0.25, 0.3) is 0 Å². The Kier molecular flexibility index (Phi) is 2.83. The number of nitrogens with one attached hydrogen (secondary N) is 1. The maximum atomic E-state index is 8.28. The van der Waals surface area contributed by atoms with E-state index in [0.717, 1.165) is 17.6 Å². The quantitative estimate of drug-likeness (QED) is 0.776. The van der Waals surface area contributed by atoms with Crippen LogP contribution in [0.2, 0.25) is 0 Å². The average molecular weight is 247 g/mol. The van der Waals surface area contributed by atoms with E-state index in [1.54, 1.807) is 0 Å². The molecule has 3 rings (SSSR count). The van der Waals surface area contributed by atoms with Crippen molar-refractivity contribution in [2.45, 2.75) is 20.3 Å². The van der Waals surface area contributed by atoms with Gasteiger partial charge in [-0.15, -0.1) is 0 Å². The Bertz CT molecular complexity index is 675. The smallest absolute Gasteiger partial charge is 0.0650 e. The van der Waals surface area contributed by atoms with Gasteiger partial charge < -0.3 is 0 Å². The van der Waals surface area contributed by atoms with Crippen LogP contribution in [0.15, 0.2) is 48.0 Å². The Balaban J connectivity index is 1.97. The maximum absolute atomic E-state index is 8.28. The highest BCUT2D eigenvalue weighted by Crippen LogP contribution is 2.28. The van der Waals surface area contributed by atoms with Gasteiger partial charge >= 0.3 is 0 Å². The Labute approximate surface area is 114 Å². The van der Waals surface area contributed by atoms with Crippen molar-refractivity contribution in [3.63, 3.8) is 0 Å². The first-order chi connectivity index (χ1) is 9.13. The SMILES string of the molecule is Cc1ccc(/C=C2\Cc3cc(C)ccc3C2=N)cc1. The molecule has 0 radical (unpaired) electrons. The van der Waals surface area contributed by atoms with Gasteiger partial charge in [0.15, 0.2) is 0 Å². The Hall–Kier alpha value is -2.15. The number of aryl methyl sites for hydroxylation is 2. The molecular formula is C18H17N. The minimum absolute atomic E-state index is 0.676. The topological polar surface area (TPSA) is 23.9 Å². The van der Waals surface area contributed by atoms with Gasteiger partial charge in [0.05, 0.1) is 5.71 Å². The number of hydrogen-bond donors (Lipinski definition) is 1. The molecule has 1 heteroatoms. The maximum Gasteiger partial charge on any atom is 0.0650 e. The Morgan fingerprint density at radius 3 is 2.37 bits per heavy atom. The van der Waals surface area contributed by atoms with Crippen molar-refractivity contribution in [1.29, 1.82) is 5.41 Å². The first-order valence-corrected chi connectivity index (χ1v) is 6.59. The van der Waals surface area contributed by atoms with E-state index in [9.17, 15) is 0 Å². The lowest BCUT2D eigenvalue weighted by atomic mass is 10.1. The van der Waals surface area contributed by atoms with Crippen molar-refractivity contribution in [2.24, 2.45) is 0 Å². The lowest BCUT2D eigenvalue weighted by molar-refractivity contribution is 1.26. The lowest BCUT2D eigenvalue weighted by Crippen LogP contribution is -1.95. The summed E-state index contributed by atoms with van der Waals surface area (Å²) in [6.45, 7) is 4.19.